The minimum atomic E-state index is -1.40. The van der Waals surface area contributed by atoms with Crippen LogP contribution >= 0.6 is 8.58 Å². The van der Waals surface area contributed by atoms with Gasteiger partial charge in [0.25, 0.3) is 0 Å². The largest absolute Gasteiger partial charge is 0.467 e. The molecule has 0 saturated carbocycles. The average Bonchev–Trinajstić information content (AvgIpc) is 2.53. The van der Waals surface area contributed by atoms with Crippen LogP contribution in [0.4, 0.5) is 0 Å². The predicted octanol–water partition coefficient (Wildman–Crippen LogP) is 2.90. The van der Waals surface area contributed by atoms with Crippen molar-refractivity contribution in [1.82, 2.24) is 0 Å². The Kier molecular flexibility index (Phi) is 6.59. The Balaban J connectivity index is 2.43. The van der Waals surface area contributed by atoms with E-state index in [2.05, 4.69) is 43.9 Å². The first-order valence-corrected chi connectivity index (χ1v) is 12.6. The molecule has 2 atom stereocenters. The first-order chi connectivity index (χ1) is 11.3. The smallest absolute Gasteiger partial charge is 0.188 e. The summed E-state index contributed by atoms with van der Waals surface area (Å²) >= 11 is 0. The molecule has 1 N–H and O–H groups in total. The first kappa shape index (κ1) is 19.1. The summed E-state index contributed by atoms with van der Waals surface area (Å²) in [5, 5.41) is 13.8. The molecule has 0 aliphatic rings. The van der Waals surface area contributed by atoms with Crippen molar-refractivity contribution in [3.8, 4) is 5.75 Å². The molecule has 0 saturated heterocycles. The van der Waals surface area contributed by atoms with E-state index in [4.69, 9.17) is 9.47 Å². The third-order valence-electron chi connectivity index (χ3n) is 3.86. The highest BCUT2D eigenvalue weighted by molar-refractivity contribution is 7.56. The van der Waals surface area contributed by atoms with Crippen LogP contribution in [-0.2, 0) is 4.74 Å². The summed E-state index contributed by atoms with van der Waals surface area (Å²) in [6.07, 6.45) is -0.475. The van der Waals surface area contributed by atoms with Gasteiger partial charge in [-0.15, -0.1) is 0 Å². The second-order valence-corrected chi connectivity index (χ2v) is 13.3. The van der Waals surface area contributed by atoms with Crippen LogP contribution in [0.25, 0.3) is 0 Å². The van der Waals surface area contributed by atoms with Crippen LogP contribution in [0.2, 0.25) is 19.6 Å². The molecule has 24 heavy (non-hydrogen) atoms. The summed E-state index contributed by atoms with van der Waals surface area (Å²) in [7, 11) is 0.658. The van der Waals surface area contributed by atoms with E-state index in [0.717, 1.165) is 16.6 Å². The van der Waals surface area contributed by atoms with Gasteiger partial charge >= 0.3 is 0 Å². The lowest BCUT2D eigenvalue weighted by molar-refractivity contribution is 0.0519. The summed E-state index contributed by atoms with van der Waals surface area (Å²) in [6, 6.07) is 14.6. The van der Waals surface area contributed by atoms with Crippen molar-refractivity contribution in [2.45, 2.75) is 32.7 Å². The van der Waals surface area contributed by atoms with Crippen molar-refractivity contribution in [3.05, 3.63) is 48.0 Å². The molecular formula is C19H27O3PSi. The molecular weight excluding hydrogens is 335 g/mol. The van der Waals surface area contributed by atoms with E-state index in [0.29, 0.717) is 8.58 Å². The minimum Gasteiger partial charge on any atom is -0.467 e. The lowest BCUT2D eigenvalue weighted by Gasteiger charge is -2.20. The topological polar surface area (TPSA) is 38.7 Å². The Hall–Kier alpha value is -1.19. The molecule has 0 amide bonds. The molecule has 0 aliphatic carbocycles. The lowest BCUT2D eigenvalue weighted by Crippen LogP contribution is -2.39. The molecule has 2 rings (SSSR count). The van der Waals surface area contributed by atoms with Crippen LogP contribution in [0, 0.1) is 0 Å². The fourth-order valence-electron chi connectivity index (χ4n) is 2.46. The first-order valence-electron chi connectivity index (χ1n) is 8.13. The molecule has 2 aromatic carbocycles. The molecule has 0 aliphatic heterocycles. The number of hydrogen-bond donors (Lipinski definition) is 1. The summed E-state index contributed by atoms with van der Waals surface area (Å²) in [4.78, 5) is 0. The monoisotopic (exact) mass is 362 g/mol. The second-order valence-electron chi connectivity index (χ2n) is 6.90. The Bertz CT molecular complexity index is 681. The molecule has 0 bridgehead atoms. The van der Waals surface area contributed by atoms with Crippen molar-refractivity contribution in [2.24, 2.45) is 0 Å². The summed E-state index contributed by atoms with van der Waals surface area (Å²) in [5.74, 6) is 0.859. The van der Waals surface area contributed by atoms with Crippen molar-refractivity contribution >= 4 is 32.5 Å². The van der Waals surface area contributed by atoms with Crippen molar-refractivity contribution in [2.75, 3.05) is 13.9 Å². The fourth-order valence-corrected chi connectivity index (χ4v) is 5.18. The van der Waals surface area contributed by atoms with E-state index < -0.39 is 14.2 Å². The molecule has 3 nitrogen and oxygen atoms in total. The molecule has 0 fully saturated rings. The third-order valence-corrected chi connectivity index (χ3v) is 7.29. The van der Waals surface area contributed by atoms with Gasteiger partial charge in [0.2, 0.25) is 0 Å². The van der Waals surface area contributed by atoms with Gasteiger partial charge in [-0.05, 0) is 23.9 Å². The maximum Gasteiger partial charge on any atom is 0.188 e. The summed E-state index contributed by atoms with van der Waals surface area (Å²) in [6.45, 7) is 9.07. The van der Waals surface area contributed by atoms with Gasteiger partial charge in [0.1, 0.15) is 5.75 Å². The number of methoxy groups -OCH3 is 1. The van der Waals surface area contributed by atoms with Crippen LogP contribution in [0.15, 0.2) is 42.5 Å². The van der Waals surface area contributed by atoms with Crippen molar-refractivity contribution < 1.29 is 14.6 Å². The van der Waals surface area contributed by atoms with Crippen LogP contribution < -0.4 is 20.5 Å². The second kappa shape index (κ2) is 8.26. The number of aliphatic hydroxyl groups is 1. The molecule has 0 heterocycles. The predicted molar refractivity (Wildman–Crippen MR) is 107 cm³/mol. The minimum absolute atomic E-state index is 0.238. The van der Waals surface area contributed by atoms with Gasteiger partial charge in [-0.2, -0.15) is 0 Å². The molecule has 2 unspecified atom stereocenters. The Labute approximate surface area is 147 Å². The molecule has 0 spiro atoms. The SMILES string of the molecule is COCOc1ccc([Si](C)(C)C)cc1Pc1ccccc1C(C)O. The highest BCUT2D eigenvalue weighted by Gasteiger charge is 2.19. The summed E-state index contributed by atoms with van der Waals surface area (Å²) in [5.41, 5.74) is 0.979. The van der Waals surface area contributed by atoms with E-state index in [1.165, 1.54) is 10.5 Å². The van der Waals surface area contributed by atoms with Gasteiger partial charge in [-0.3, -0.25) is 0 Å². The number of rotatable bonds is 7. The maximum absolute atomic E-state index is 10.0. The van der Waals surface area contributed by atoms with Gasteiger partial charge in [0, 0.05) is 12.4 Å². The van der Waals surface area contributed by atoms with Crippen LogP contribution in [0.5, 0.6) is 5.75 Å². The van der Waals surface area contributed by atoms with E-state index in [1.54, 1.807) is 7.11 Å². The normalized spacial score (nSPS) is 13.4. The highest BCUT2D eigenvalue weighted by atomic mass is 31.1. The third kappa shape index (κ3) is 4.90. The fraction of sp³-hybridized carbons (Fsp3) is 0.368. The molecule has 0 aromatic heterocycles. The van der Waals surface area contributed by atoms with E-state index in [-0.39, 0.29) is 6.79 Å². The quantitative estimate of drug-likeness (QED) is 0.468. The Morgan fingerprint density at radius 3 is 2.42 bits per heavy atom. The van der Waals surface area contributed by atoms with E-state index in [1.807, 2.05) is 25.1 Å². The van der Waals surface area contributed by atoms with Crippen LogP contribution in [0.3, 0.4) is 0 Å². The average molecular weight is 362 g/mol. The van der Waals surface area contributed by atoms with Crippen LogP contribution in [-0.4, -0.2) is 27.1 Å². The Morgan fingerprint density at radius 1 is 1.08 bits per heavy atom. The van der Waals surface area contributed by atoms with Crippen LogP contribution in [0.1, 0.15) is 18.6 Å². The van der Waals surface area contributed by atoms with Gasteiger partial charge in [-0.25, -0.2) is 0 Å². The number of ether oxygens (including phenoxy) is 2. The molecule has 2 aromatic rings. The van der Waals surface area contributed by atoms with Crippen molar-refractivity contribution in [3.63, 3.8) is 0 Å². The van der Waals surface area contributed by atoms with Crippen molar-refractivity contribution in [1.29, 1.82) is 0 Å². The maximum atomic E-state index is 10.0. The lowest BCUT2D eigenvalue weighted by atomic mass is 10.1. The zero-order valence-electron chi connectivity index (χ0n) is 15.1. The van der Waals surface area contributed by atoms with E-state index >= 15 is 0 Å². The van der Waals surface area contributed by atoms with Gasteiger partial charge in [0.05, 0.1) is 14.2 Å². The number of aliphatic hydroxyl groups excluding tert-OH is 1. The number of benzene rings is 2. The standard InChI is InChI=1S/C19H27O3PSi/c1-14(20)16-8-6-7-9-18(16)23-19-12-15(24(3,4)5)10-11-17(19)22-13-21-2/h6-12,14,20,23H,13H2,1-5H3. The Morgan fingerprint density at radius 2 is 1.79 bits per heavy atom. The number of hydrogen-bond acceptors (Lipinski definition) is 3. The zero-order valence-corrected chi connectivity index (χ0v) is 17.1. The molecule has 0 radical (unpaired) electrons. The van der Waals surface area contributed by atoms with E-state index in [9.17, 15) is 5.11 Å². The summed E-state index contributed by atoms with van der Waals surface area (Å²) < 4.78 is 10.8. The zero-order chi connectivity index (χ0) is 17.7. The van der Waals surface area contributed by atoms with Gasteiger partial charge in [0.15, 0.2) is 6.79 Å². The molecule has 5 heteroatoms. The highest BCUT2D eigenvalue weighted by Crippen LogP contribution is 2.23. The van der Waals surface area contributed by atoms with Gasteiger partial charge < -0.3 is 14.6 Å². The van der Waals surface area contributed by atoms with Gasteiger partial charge in [-0.1, -0.05) is 69.8 Å². The molecule has 130 valence electrons.